The predicted molar refractivity (Wildman–Crippen MR) is 135 cm³/mol. The fourth-order valence-corrected chi connectivity index (χ4v) is 4.30. The summed E-state index contributed by atoms with van der Waals surface area (Å²) in [4.78, 5) is 31.0. The standard InChI is InChI=1S/C24H21BrF3N5O5/c1-12-19(25)21(24(26,27)28)31-32(12)11-18(34)30-33-22(29-15-8-6-5-7-14(15)23(33)35)13-9-16(36-2)20(38-4)17(10-13)37-3/h5-10H,11H2,1-4H3,(H,30,34). The van der Waals surface area contributed by atoms with Crippen LogP contribution in [0.15, 0.2) is 45.7 Å². The summed E-state index contributed by atoms with van der Waals surface area (Å²) >= 11 is 2.88. The van der Waals surface area contributed by atoms with Gasteiger partial charge in [-0.1, -0.05) is 12.1 Å². The number of hydrogen-bond donors (Lipinski definition) is 1. The summed E-state index contributed by atoms with van der Waals surface area (Å²) in [6.07, 6.45) is -4.72. The van der Waals surface area contributed by atoms with E-state index in [1.807, 2.05) is 0 Å². The molecule has 0 saturated heterocycles. The summed E-state index contributed by atoms with van der Waals surface area (Å²) in [5.41, 5.74) is 1.45. The summed E-state index contributed by atoms with van der Waals surface area (Å²) in [6.45, 7) is 0.777. The van der Waals surface area contributed by atoms with Gasteiger partial charge in [-0.25, -0.2) is 4.98 Å². The second-order valence-electron chi connectivity index (χ2n) is 7.95. The number of benzene rings is 2. The monoisotopic (exact) mass is 595 g/mol. The van der Waals surface area contributed by atoms with Crippen LogP contribution in [0.2, 0.25) is 0 Å². The Kier molecular flexibility index (Phi) is 7.35. The van der Waals surface area contributed by atoms with Gasteiger partial charge in [-0.15, -0.1) is 0 Å². The van der Waals surface area contributed by atoms with E-state index in [2.05, 4.69) is 31.4 Å². The molecule has 14 heteroatoms. The highest BCUT2D eigenvalue weighted by molar-refractivity contribution is 9.10. The Balaban J connectivity index is 1.83. The van der Waals surface area contributed by atoms with Crippen molar-refractivity contribution in [3.63, 3.8) is 0 Å². The highest BCUT2D eigenvalue weighted by Crippen LogP contribution is 2.41. The summed E-state index contributed by atoms with van der Waals surface area (Å²) in [6, 6.07) is 9.60. The number of carbonyl (C=O) groups excluding carboxylic acids is 1. The third-order valence-corrected chi connectivity index (χ3v) is 6.58. The maximum Gasteiger partial charge on any atom is 0.436 e. The van der Waals surface area contributed by atoms with Crippen molar-refractivity contribution in [1.29, 1.82) is 0 Å². The average Bonchev–Trinajstić information content (AvgIpc) is 3.18. The zero-order valence-corrected chi connectivity index (χ0v) is 22.1. The van der Waals surface area contributed by atoms with Gasteiger partial charge in [-0.2, -0.15) is 22.9 Å². The number of carbonyl (C=O) groups is 1. The Bertz CT molecular complexity index is 1570. The molecule has 0 aliphatic rings. The summed E-state index contributed by atoms with van der Waals surface area (Å²) in [5, 5.41) is 3.72. The van der Waals surface area contributed by atoms with E-state index in [1.54, 1.807) is 30.3 Å². The Morgan fingerprint density at radius 2 is 1.71 bits per heavy atom. The molecule has 0 radical (unpaired) electrons. The molecule has 0 saturated carbocycles. The first-order valence-electron chi connectivity index (χ1n) is 10.9. The minimum atomic E-state index is -4.72. The van der Waals surface area contributed by atoms with Gasteiger partial charge in [0, 0.05) is 5.56 Å². The van der Waals surface area contributed by atoms with Crippen LogP contribution in [0.4, 0.5) is 13.2 Å². The van der Waals surface area contributed by atoms with Crippen LogP contribution in [-0.4, -0.2) is 46.7 Å². The second-order valence-corrected chi connectivity index (χ2v) is 8.74. The van der Waals surface area contributed by atoms with Crippen LogP contribution in [0, 0.1) is 6.92 Å². The molecule has 10 nitrogen and oxygen atoms in total. The highest BCUT2D eigenvalue weighted by Gasteiger charge is 2.38. The zero-order chi connectivity index (χ0) is 27.8. The van der Waals surface area contributed by atoms with Crippen LogP contribution in [0.5, 0.6) is 17.2 Å². The number of halogens is 4. The lowest BCUT2D eigenvalue weighted by Crippen LogP contribution is -2.37. The van der Waals surface area contributed by atoms with Crippen LogP contribution in [0.25, 0.3) is 22.3 Å². The van der Waals surface area contributed by atoms with E-state index < -0.39 is 29.9 Å². The van der Waals surface area contributed by atoms with Crippen molar-refractivity contribution in [2.24, 2.45) is 0 Å². The Labute approximate surface area is 222 Å². The SMILES string of the molecule is COc1cc(-c2nc3ccccc3c(=O)n2NC(=O)Cn2nc(C(F)(F)F)c(Br)c2C)cc(OC)c1OC. The van der Waals surface area contributed by atoms with Crippen LogP contribution < -0.4 is 25.2 Å². The number of fused-ring (bicyclic) bond motifs is 1. The molecule has 2 heterocycles. The smallest absolute Gasteiger partial charge is 0.436 e. The molecule has 0 aliphatic carbocycles. The Morgan fingerprint density at radius 1 is 1.08 bits per heavy atom. The largest absolute Gasteiger partial charge is 0.493 e. The van der Waals surface area contributed by atoms with Crippen LogP contribution in [-0.2, 0) is 17.5 Å². The molecule has 0 spiro atoms. The average molecular weight is 596 g/mol. The molecule has 0 aliphatic heterocycles. The van der Waals surface area contributed by atoms with Crippen molar-refractivity contribution in [2.75, 3.05) is 26.8 Å². The molecule has 1 N–H and O–H groups in total. The van der Waals surface area contributed by atoms with Crippen molar-refractivity contribution in [3.8, 4) is 28.6 Å². The van der Waals surface area contributed by atoms with Gasteiger partial charge in [-0.05, 0) is 47.1 Å². The lowest BCUT2D eigenvalue weighted by atomic mass is 10.1. The molecule has 2 aromatic carbocycles. The molecule has 4 aromatic rings. The highest BCUT2D eigenvalue weighted by atomic mass is 79.9. The summed E-state index contributed by atoms with van der Waals surface area (Å²) in [7, 11) is 4.28. The first-order valence-corrected chi connectivity index (χ1v) is 11.7. The molecule has 2 aromatic heterocycles. The third kappa shape index (κ3) is 4.90. The first kappa shape index (κ1) is 27.0. The van der Waals surface area contributed by atoms with Gasteiger partial charge >= 0.3 is 6.18 Å². The van der Waals surface area contributed by atoms with E-state index in [4.69, 9.17) is 14.2 Å². The van der Waals surface area contributed by atoms with Crippen molar-refractivity contribution < 1.29 is 32.2 Å². The number of nitrogens with one attached hydrogen (secondary N) is 1. The maximum atomic E-state index is 13.4. The first-order chi connectivity index (χ1) is 18.0. The van der Waals surface area contributed by atoms with Gasteiger partial charge in [0.05, 0.1) is 42.4 Å². The molecule has 4 rings (SSSR count). The minimum Gasteiger partial charge on any atom is -0.493 e. The van der Waals surface area contributed by atoms with Crippen molar-refractivity contribution in [3.05, 3.63) is 62.6 Å². The topological polar surface area (TPSA) is 110 Å². The van der Waals surface area contributed by atoms with Crippen molar-refractivity contribution in [1.82, 2.24) is 19.4 Å². The van der Waals surface area contributed by atoms with Gasteiger partial charge in [-0.3, -0.25) is 19.7 Å². The maximum absolute atomic E-state index is 13.4. The fourth-order valence-electron chi connectivity index (χ4n) is 3.80. The van der Waals surface area contributed by atoms with Crippen LogP contribution in [0.3, 0.4) is 0 Å². The minimum absolute atomic E-state index is 0.0238. The summed E-state index contributed by atoms with van der Waals surface area (Å²) < 4.78 is 57.4. The molecule has 0 atom stereocenters. The molecule has 0 unspecified atom stereocenters. The Hall–Kier alpha value is -4.07. The molecule has 0 bridgehead atoms. The van der Waals surface area contributed by atoms with Gasteiger partial charge < -0.3 is 14.2 Å². The van der Waals surface area contributed by atoms with Crippen LogP contribution >= 0.6 is 15.9 Å². The Morgan fingerprint density at radius 3 is 2.26 bits per heavy atom. The molecule has 0 fully saturated rings. The zero-order valence-electron chi connectivity index (χ0n) is 20.5. The quantitative estimate of drug-likeness (QED) is 0.342. The summed E-state index contributed by atoms with van der Waals surface area (Å²) in [5.74, 6) is 0.0654. The number of alkyl halides is 3. The number of para-hydroxylation sites is 1. The third-order valence-electron chi connectivity index (χ3n) is 5.63. The van der Waals surface area contributed by atoms with Crippen molar-refractivity contribution in [2.45, 2.75) is 19.6 Å². The van der Waals surface area contributed by atoms with Crippen molar-refractivity contribution >= 4 is 32.7 Å². The van der Waals surface area contributed by atoms with Crippen LogP contribution in [0.1, 0.15) is 11.4 Å². The molecule has 200 valence electrons. The lowest BCUT2D eigenvalue weighted by Gasteiger charge is -2.17. The van der Waals surface area contributed by atoms with Gasteiger partial charge in [0.15, 0.2) is 23.0 Å². The van der Waals surface area contributed by atoms with E-state index >= 15 is 0 Å². The van der Waals surface area contributed by atoms with E-state index in [0.717, 1.165) is 9.36 Å². The lowest BCUT2D eigenvalue weighted by molar-refractivity contribution is -0.142. The van der Waals surface area contributed by atoms with E-state index in [-0.39, 0.29) is 32.9 Å². The van der Waals surface area contributed by atoms with E-state index in [0.29, 0.717) is 16.8 Å². The number of nitrogens with zero attached hydrogens (tertiary/aromatic N) is 4. The number of amides is 1. The molecular formula is C24H21BrF3N5O5. The number of rotatable bonds is 7. The molecule has 1 amide bonds. The number of aromatic nitrogens is 4. The van der Waals surface area contributed by atoms with Gasteiger partial charge in [0.25, 0.3) is 11.5 Å². The van der Waals surface area contributed by atoms with E-state index in [9.17, 15) is 22.8 Å². The fraction of sp³-hybridized carbons (Fsp3) is 0.250. The molecule has 38 heavy (non-hydrogen) atoms. The second kappa shape index (κ2) is 10.4. The van der Waals surface area contributed by atoms with Gasteiger partial charge in [0.2, 0.25) is 5.75 Å². The number of hydrogen-bond acceptors (Lipinski definition) is 7. The molecular weight excluding hydrogens is 575 g/mol. The number of ether oxygens (including phenoxy) is 3. The van der Waals surface area contributed by atoms with Gasteiger partial charge in [0.1, 0.15) is 6.54 Å². The normalized spacial score (nSPS) is 11.5. The number of methoxy groups -OCH3 is 3. The van der Waals surface area contributed by atoms with E-state index in [1.165, 1.54) is 34.3 Å². The predicted octanol–water partition coefficient (Wildman–Crippen LogP) is 4.15.